The van der Waals surface area contributed by atoms with E-state index in [2.05, 4.69) is 0 Å². The molecule has 1 unspecified atom stereocenters. The van der Waals surface area contributed by atoms with Crippen molar-refractivity contribution >= 4 is 11.7 Å². The van der Waals surface area contributed by atoms with Crippen LogP contribution in [-0.4, -0.2) is 29.7 Å². The second-order valence-electron chi connectivity index (χ2n) is 6.29. The lowest BCUT2D eigenvalue weighted by Gasteiger charge is -2.22. The van der Waals surface area contributed by atoms with Crippen LogP contribution < -0.4 is 4.74 Å². The minimum Gasteiger partial charge on any atom is -0.481 e. The topological polar surface area (TPSA) is 46.6 Å². The first-order valence-electron chi connectivity index (χ1n) is 8.49. The zero-order valence-electron chi connectivity index (χ0n) is 15.1. The number of carbonyl (C=O) groups is 2. The Hall–Kier alpha value is -2.62. The Kier molecular flexibility index (Phi) is 6.75. The maximum atomic E-state index is 12.5. The van der Waals surface area contributed by atoms with E-state index in [4.69, 9.17) is 4.74 Å². The molecule has 2 aromatic rings. The number of aryl methyl sites for hydroxylation is 1. The van der Waals surface area contributed by atoms with E-state index in [0.717, 1.165) is 17.5 Å². The number of ketones is 1. The SMILES string of the molecule is CC(=O)CCc1ccc(OC(C)C(=O)N(C)Cc2ccccc2)cc1. The third-order valence-electron chi connectivity index (χ3n) is 3.99. The third kappa shape index (κ3) is 6.07. The van der Waals surface area contributed by atoms with Crippen LogP contribution in [0.15, 0.2) is 54.6 Å². The Labute approximate surface area is 149 Å². The molecule has 132 valence electrons. The van der Waals surface area contributed by atoms with E-state index < -0.39 is 6.10 Å². The quantitative estimate of drug-likeness (QED) is 0.738. The summed E-state index contributed by atoms with van der Waals surface area (Å²) in [5.41, 5.74) is 2.17. The second-order valence-corrected chi connectivity index (χ2v) is 6.29. The van der Waals surface area contributed by atoms with E-state index in [1.165, 1.54) is 0 Å². The highest BCUT2D eigenvalue weighted by Gasteiger charge is 2.19. The van der Waals surface area contributed by atoms with Crippen molar-refractivity contribution in [1.29, 1.82) is 0 Å². The molecule has 0 aliphatic carbocycles. The maximum absolute atomic E-state index is 12.5. The van der Waals surface area contributed by atoms with Crippen molar-refractivity contribution in [3.63, 3.8) is 0 Å². The number of hydrogen-bond donors (Lipinski definition) is 0. The molecule has 0 aliphatic rings. The van der Waals surface area contributed by atoms with Crippen LogP contribution in [0.4, 0.5) is 0 Å². The summed E-state index contributed by atoms with van der Waals surface area (Å²) >= 11 is 0. The van der Waals surface area contributed by atoms with Crippen molar-refractivity contribution < 1.29 is 14.3 Å². The molecule has 0 radical (unpaired) electrons. The van der Waals surface area contributed by atoms with Gasteiger partial charge in [0.15, 0.2) is 6.10 Å². The van der Waals surface area contributed by atoms with Crippen LogP contribution in [0.1, 0.15) is 31.4 Å². The van der Waals surface area contributed by atoms with Crippen LogP contribution in [0, 0.1) is 0 Å². The Morgan fingerprint density at radius 3 is 2.24 bits per heavy atom. The first kappa shape index (κ1) is 18.7. The fourth-order valence-electron chi connectivity index (χ4n) is 2.56. The van der Waals surface area contributed by atoms with Gasteiger partial charge in [0.25, 0.3) is 5.91 Å². The molecule has 0 aromatic heterocycles. The van der Waals surface area contributed by atoms with Crippen molar-refractivity contribution in [3.05, 3.63) is 65.7 Å². The number of likely N-dealkylation sites (N-methyl/N-ethyl adjacent to an activating group) is 1. The van der Waals surface area contributed by atoms with Crippen LogP contribution in [0.2, 0.25) is 0 Å². The van der Waals surface area contributed by atoms with Gasteiger partial charge in [0.2, 0.25) is 0 Å². The largest absolute Gasteiger partial charge is 0.481 e. The first-order valence-corrected chi connectivity index (χ1v) is 8.49. The number of ether oxygens (including phenoxy) is 1. The summed E-state index contributed by atoms with van der Waals surface area (Å²) < 4.78 is 5.76. The first-order chi connectivity index (χ1) is 12.0. The van der Waals surface area contributed by atoms with Gasteiger partial charge in [-0.25, -0.2) is 0 Å². The molecule has 0 spiro atoms. The highest BCUT2D eigenvalue weighted by atomic mass is 16.5. The monoisotopic (exact) mass is 339 g/mol. The van der Waals surface area contributed by atoms with Crippen LogP contribution in [-0.2, 0) is 22.6 Å². The zero-order chi connectivity index (χ0) is 18.2. The summed E-state index contributed by atoms with van der Waals surface area (Å²) in [4.78, 5) is 25.2. The molecule has 0 bridgehead atoms. The van der Waals surface area contributed by atoms with E-state index >= 15 is 0 Å². The predicted octanol–water partition coefficient (Wildman–Crippen LogP) is 3.63. The average molecular weight is 339 g/mol. The van der Waals surface area contributed by atoms with Gasteiger partial charge in [-0.15, -0.1) is 0 Å². The number of nitrogens with zero attached hydrogens (tertiary/aromatic N) is 1. The summed E-state index contributed by atoms with van der Waals surface area (Å²) in [6, 6.07) is 17.4. The summed E-state index contributed by atoms with van der Waals surface area (Å²) in [6.07, 6.45) is 0.709. The van der Waals surface area contributed by atoms with Crippen LogP contribution >= 0.6 is 0 Å². The lowest BCUT2D eigenvalue weighted by Crippen LogP contribution is -2.37. The number of amides is 1. The van der Waals surface area contributed by atoms with Gasteiger partial charge in [0.05, 0.1) is 0 Å². The van der Waals surface area contributed by atoms with Gasteiger partial charge in [-0.2, -0.15) is 0 Å². The minimum absolute atomic E-state index is 0.0653. The van der Waals surface area contributed by atoms with E-state index in [9.17, 15) is 9.59 Å². The average Bonchev–Trinajstić information content (AvgIpc) is 2.61. The highest BCUT2D eigenvalue weighted by molar-refractivity contribution is 5.80. The fraction of sp³-hybridized carbons (Fsp3) is 0.333. The predicted molar refractivity (Wildman–Crippen MR) is 98.5 cm³/mol. The van der Waals surface area contributed by atoms with Gasteiger partial charge in [0, 0.05) is 20.0 Å². The van der Waals surface area contributed by atoms with Gasteiger partial charge >= 0.3 is 0 Å². The fourth-order valence-corrected chi connectivity index (χ4v) is 2.56. The molecule has 0 saturated heterocycles. The van der Waals surface area contributed by atoms with Crippen LogP contribution in [0.3, 0.4) is 0 Å². The van der Waals surface area contributed by atoms with Crippen molar-refractivity contribution in [2.24, 2.45) is 0 Å². The Balaban J connectivity index is 1.88. The molecule has 2 rings (SSSR count). The van der Waals surface area contributed by atoms with Gasteiger partial charge in [-0.3, -0.25) is 4.79 Å². The summed E-state index contributed by atoms with van der Waals surface area (Å²) in [6.45, 7) is 3.90. The van der Waals surface area contributed by atoms with E-state index in [1.54, 1.807) is 25.8 Å². The number of hydrogen-bond acceptors (Lipinski definition) is 3. The molecular formula is C21H25NO3. The standard InChI is InChI=1S/C21H25NO3/c1-16(23)9-10-18-11-13-20(14-12-18)25-17(2)21(24)22(3)15-19-7-5-4-6-8-19/h4-8,11-14,17H,9-10,15H2,1-3H3. The van der Waals surface area contributed by atoms with Crippen LogP contribution in [0.5, 0.6) is 5.75 Å². The molecule has 4 nitrogen and oxygen atoms in total. The van der Waals surface area contributed by atoms with Gasteiger partial charge in [0.1, 0.15) is 11.5 Å². The molecule has 4 heteroatoms. The Bertz CT molecular complexity index is 695. The Morgan fingerprint density at radius 1 is 1.00 bits per heavy atom. The second kappa shape index (κ2) is 9.02. The maximum Gasteiger partial charge on any atom is 0.263 e. The van der Waals surface area contributed by atoms with Crippen molar-refractivity contribution in [2.75, 3.05) is 7.05 Å². The molecule has 0 N–H and O–H groups in total. The van der Waals surface area contributed by atoms with Crippen LogP contribution in [0.25, 0.3) is 0 Å². The summed E-state index contributed by atoms with van der Waals surface area (Å²) in [5, 5.41) is 0. The molecule has 0 aliphatic heterocycles. The molecule has 1 atom stereocenters. The van der Waals surface area contributed by atoms with Gasteiger partial charge in [-0.05, 0) is 43.5 Å². The molecule has 0 saturated carbocycles. The summed E-state index contributed by atoms with van der Waals surface area (Å²) in [7, 11) is 1.78. The van der Waals surface area contributed by atoms with Crippen molar-refractivity contribution in [2.45, 2.75) is 39.3 Å². The minimum atomic E-state index is -0.559. The normalized spacial score (nSPS) is 11.6. The molecule has 1 amide bonds. The zero-order valence-corrected chi connectivity index (χ0v) is 15.1. The number of rotatable bonds is 8. The Morgan fingerprint density at radius 2 is 1.64 bits per heavy atom. The lowest BCUT2D eigenvalue weighted by atomic mass is 10.1. The molecule has 25 heavy (non-hydrogen) atoms. The van der Waals surface area contributed by atoms with Crippen molar-refractivity contribution in [3.8, 4) is 5.75 Å². The molecule has 0 heterocycles. The van der Waals surface area contributed by atoms with Gasteiger partial charge in [-0.1, -0.05) is 42.5 Å². The van der Waals surface area contributed by atoms with E-state index in [1.807, 2.05) is 54.6 Å². The van der Waals surface area contributed by atoms with Gasteiger partial charge < -0.3 is 14.4 Å². The van der Waals surface area contributed by atoms with E-state index in [-0.39, 0.29) is 11.7 Å². The smallest absolute Gasteiger partial charge is 0.263 e. The third-order valence-corrected chi connectivity index (χ3v) is 3.99. The lowest BCUT2D eigenvalue weighted by molar-refractivity contribution is -0.137. The molecular weight excluding hydrogens is 314 g/mol. The molecule has 2 aromatic carbocycles. The number of carbonyl (C=O) groups excluding carboxylic acids is 2. The summed E-state index contributed by atoms with van der Waals surface area (Å²) in [5.74, 6) is 0.769. The van der Waals surface area contributed by atoms with Crippen molar-refractivity contribution in [1.82, 2.24) is 4.90 Å². The van der Waals surface area contributed by atoms with E-state index in [0.29, 0.717) is 18.7 Å². The molecule has 0 fully saturated rings. The number of benzene rings is 2. The number of Topliss-reactive ketones (excluding diaryl/α,β-unsaturated/α-hetero) is 1. The highest BCUT2D eigenvalue weighted by Crippen LogP contribution is 2.16.